The highest BCUT2D eigenvalue weighted by Crippen LogP contribution is 2.39. The minimum Gasteiger partial charge on any atom is -0.435 e. The number of carbonyl (C=O) groups is 1. The molecule has 4 rings (SSSR count). The molecule has 144 valence electrons. The molecule has 8 heteroatoms. The average molecular weight is 396 g/mol. The Kier molecular flexibility index (Phi) is 5.57. The normalized spacial score (nSPS) is 23.1. The predicted molar refractivity (Wildman–Crippen MR) is 107 cm³/mol. The number of aliphatic imine (C=N–C) groups is 1. The van der Waals surface area contributed by atoms with Gasteiger partial charge in [-0.1, -0.05) is 36.0 Å². The van der Waals surface area contributed by atoms with E-state index in [0.29, 0.717) is 5.84 Å². The number of rotatable bonds is 5. The third-order valence-corrected chi connectivity index (χ3v) is 5.54. The van der Waals surface area contributed by atoms with Crippen molar-refractivity contribution in [2.75, 3.05) is 6.61 Å². The summed E-state index contributed by atoms with van der Waals surface area (Å²) in [6.07, 6.45) is 2.71. The van der Waals surface area contributed by atoms with Crippen LogP contribution >= 0.6 is 11.8 Å². The summed E-state index contributed by atoms with van der Waals surface area (Å²) in [6.45, 7) is 1.99. The van der Waals surface area contributed by atoms with Crippen molar-refractivity contribution in [1.29, 1.82) is 0 Å². The molecule has 0 saturated heterocycles. The maximum Gasteiger partial charge on any atom is 0.509 e. The highest BCUT2D eigenvalue weighted by Gasteiger charge is 2.40. The van der Waals surface area contributed by atoms with Gasteiger partial charge in [-0.2, -0.15) is 5.10 Å². The Labute approximate surface area is 167 Å². The lowest BCUT2D eigenvalue weighted by Gasteiger charge is -2.34. The van der Waals surface area contributed by atoms with Crippen LogP contribution in [0.1, 0.15) is 25.1 Å². The molecule has 0 radical (unpaired) electrons. The van der Waals surface area contributed by atoms with E-state index in [2.05, 4.69) is 22.2 Å². The number of hydrogen-bond acceptors (Lipinski definition) is 8. The van der Waals surface area contributed by atoms with Gasteiger partial charge in [0, 0.05) is 17.5 Å². The minimum absolute atomic E-state index is 0.00829. The van der Waals surface area contributed by atoms with Crippen LogP contribution < -0.4 is 0 Å². The van der Waals surface area contributed by atoms with Crippen LogP contribution in [-0.2, 0) is 9.47 Å². The summed E-state index contributed by atoms with van der Waals surface area (Å²) in [4.78, 5) is 22.2. The van der Waals surface area contributed by atoms with Crippen LogP contribution in [0.4, 0.5) is 4.79 Å². The maximum absolute atomic E-state index is 11.8. The van der Waals surface area contributed by atoms with Crippen LogP contribution in [0, 0.1) is 0 Å². The number of ether oxygens (including phenoxy) is 2. The van der Waals surface area contributed by atoms with Gasteiger partial charge in [0.05, 0.1) is 24.6 Å². The average Bonchev–Trinajstić information content (AvgIpc) is 3.12. The van der Waals surface area contributed by atoms with Crippen LogP contribution in [0.25, 0.3) is 0 Å². The van der Waals surface area contributed by atoms with E-state index in [1.165, 1.54) is 0 Å². The van der Waals surface area contributed by atoms with Gasteiger partial charge in [0.15, 0.2) is 5.84 Å². The largest absolute Gasteiger partial charge is 0.509 e. The van der Waals surface area contributed by atoms with E-state index in [4.69, 9.17) is 14.5 Å². The number of benzene rings is 1. The van der Waals surface area contributed by atoms with E-state index in [-0.39, 0.29) is 18.0 Å². The molecule has 3 heterocycles. The number of hydrazone groups is 1. The highest BCUT2D eigenvalue weighted by molar-refractivity contribution is 7.99. The quantitative estimate of drug-likeness (QED) is 0.714. The van der Waals surface area contributed by atoms with Crippen molar-refractivity contribution >= 4 is 30.0 Å². The smallest absolute Gasteiger partial charge is 0.435 e. The molecule has 1 aromatic carbocycles. The molecule has 3 unspecified atom stereocenters. The summed E-state index contributed by atoms with van der Waals surface area (Å²) >= 11 is 1.70. The van der Waals surface area contributed by atoms with Crippen LogP contribution in [-0.4, -0.2) is 46.3 Å². The third kappa shape index (κ3) is 4.01. The molecule has 7 nitrogen and oxygen atoms in total. The molecule has 0 amide bonds. The second-order valence-corrected chi connectivity index (χ2v) is 7.46. The Morgan fingerprint density at radius 2 is 2.04 bits per heavy atom. The molecule has 0 aliphatic carbocycles. The lowest BCUT2D eigenvalue weighted by Crippen LogP contribution is -2.42. The second-order valence-electron chi connectivity index (χ2n) is 6.21. The maximum atomic E-state index is 11.8. The molecule has 0 N–H and O–H groups in total. The number of aromatic nitrogens is 1. The predicted octanol–water partition coefficient (Wildman–Crippen LogP) is 3.89. The molecule has 2 aromatic rings. The Morgan fingerprint density at radius 3 is 2.79 bits per heavy atom. The Bertz CT molecular complexity index is 876. The first-order valence-corrected chi connectivity index (χ1v) is 9.99. The lowest BCUT2D eigenvalue weighted by atomic mass is 10.1. The molecule has 0 bridgehead atoms. The van der Waals surface area contributed by atoms with Gasteiger partial charge in [-0.15, -0.1) is 0 Å². The van der Waals surface area contributed by atoms with Gasteiger partial charge in [0.25, 0.3) is 0 Å². The molecule has 2 aliphatic heterocycles. The molecule has 0 saturated carbocycles. The van der Waals surface area contributed by atoms with Crippen molar-refractivity contribution in [3.05, 3.63) is 60.4 Å². The minimum atomic E-state index is -0.726. The molecule has 0 spiro atoms. The van der Waals surface area contributed by atoms with Gasteiger partial charge < -0.3 is 9.47 Å². The zero-order valence-electron chi connectivity index (χ0n) is 15.3. The van der Waals surface area contributed by atoms with E-state index >= 15 is 0 Å². The highest BCUT2D eigenvalue weighted by atomic mass is 32.2. The standard InChI is InChI=1S/C20H20N4O3S/c1-2-26-20(25)27-17-13-22-24-18(28-14-8-4-3-5-9-14)12-16(23-19(17)24)15-10-6-7-11-21-15/h3-11,13,16-18H,2,12H2,1H3. The van der Waals surface area contributed by atoms with Crippen LogP contribution in [0.3, 0.4) is 0 Å². The van der Waals surface area contributed by atoms with Crippen molar-refractivity contribution in [3.63, 3.8) is 0 Å². The van der Waals surface area contributed by atoms with Crippen molar-refractivity contribution in [1.82, 2.24) is 9.99 Å². The van der Waals surface area contributed by atoms with Gasteiger partial charge in [0.1, 0.15) is 5.37 Å². The first kappa shape index (κ1) is 18.5. The van der Waals surface area contributed by atoms with Gasteiger partial charge in [0.2, 0.25) is 6.10 Å². The number of amidine groups is 1. The fourth-order valence-electron chi connectivity index (χ4n) is 3.10. The monoisotopic (exact) mass is 396 g/mol. The number of hydrogen-bond donors (Lipinski definition) is 0. The van der Waals surface area contributed by atoms with Crippen molar-refractivity contribution in [2.24, 2.45) is 10.1 Å². The molecule has 2 aliphatic rings. The molecule has 0 fully saturated rings. The first-order chi connectivity index (χ1) is 13.7. The van der Waals surface area contributed by atoms with Crippen LogP contribution in [0.2, 0.25) is 0 Å². The molecule has 1 aromatic heterocycles. The summed E-state index contributed by atoms with van der Waals surface area (Å²) < 4.78 is 10.3. The zero-order chi connectivity index (χ0) is 19.3. The molecular formula is C20H20N4O3S. The number of thioether (sulfide) groups is 1. The summed E-state index contributed by atoms with van der Waals surface area (Å²) in [7, 11) is 0. The Hall–Kier alpha value is -2.87. The SMILES string of the molecule is CCOC(=O)OC1C=NN2C1=NC(c1ccccn1)CC2Sc1ccccc1. The van der Waals surface area contributed by atoms with Crippen molar-refractivity contribution in [3.8, 4) is 0 Å². The van der Waals surface area contributed by atoms with Crippen molar-refractivity contribution in [2.45, 2.75) is 35.8 Å². The Morgan fingerprint density at radius 1 is 1.21 bits per heavy atom. The molecule has 3 atom stereocenters. The zero-order valence-corrected chi connectivity index (χ0v) is 16.2. The van der Waals surface area contributed by atoms with Crippen molar-refractivity contribution < 1.29 is 14.3 Å². The number of pyridine rings is 1. The fourth-order valence-corrected chi connectivity index (χ4v) is 4.27. The number of nitrogens with zero attached hydrogens (tertiary/aromatic N) is 4. The van der Waals surface area contributed by atoms with E-state index < -0.39 is 12.3 Å². The number of fused-ring (bicyclic) bond motifs is 1. The van der Waals surface area contributed by atoms with Crippen LogP contribution in [0.5, 0.6) is 0 Å². The van der Waals surface area contributed by atoms with Crippen LogP contribution in [0.15, 0.2) is 69.7 Å². The van der Waals surface area contributed by atoms with Gasteiger partial charge >= 0.3 is 6.16 Å². The Balaban J connectivity index is 1.61. The molecule has 28 heavy (non-hydrogen) atoms. The second kappa shape index (κ2) is 8.43. The first-order valence-electron chi connectivity index (χ1n) is 9.11. The fraction of sp³-hybridized carbons (Fsp3) is 0.300. The lowest BCUT2D eigenvalue weighted by molar-refractivity contribution is 0.0592. The summed E-state index contributed by atoms with van der Waals surface area (Å²) in [5, 5.41) is 6.30. The summed E-state index contributed by atoms with van der Waals surface area (Å²) in [5.41, 5.74) is 0.884. The van der Waals surface area contributed by atoms with E-state index in [1.807, 2.05) is 41.4 Å². The summed E-state index contributed by atoms with van der Waals surface area (Å²) in [6, 6.07) is 15.8. The van der Waals surface area contributed by atoms with E-state index in [9.17, 15) is 4.79 Å². The van der Waals surface area contributed by atoms with Gasteiger partial charge in [-0.05, 0) is 31.2 Å². The van der Waals surface area contributed by atoms with Gasteiger partial charge in [-0.3, -0.25) is 9.98 Å². The van der Waals surface area contributed by atoms with E-state index in [0.717, 1.165) is 17.0 Å². The van der Waals surface area contributed by atoms with E-state index in [1.54, 1.807) is 31.1 Å². The molecular weight excluding hydrogens is 376 g/mol. The summed E-state index contributed by atoms with van der Waals surface area (Å²) in [5.74, 6) is 0.600. The number of carbonyl (C=O) groups excluding carboxylic acids is 1. The third-order valence-electron chi connectivity index (χ3n) is 4.33. The topological polar surface area (TPSA) is 76.4 Å². The van der Waals surface area contributed by atoms with Gasteiger partial charge in [-0.25, -0.2) is 9.80 Å².